The van der Waals surface area contributed by atoms with Gasteiger partial charge in [-0.1, -0.05) is 168 Å². The normalized spacial score (nSPS) is 13.1. The van der Waals surface area contributed by atoms with Gasteiger partial charge in [0.05, 0.1) is 0 Å². The molecule has 0 radical (unpaired) electrons. The van der Waals surface area contributed by atoms with Crippen molar-refractivity contribution < 1.29 is 14.6 Å². The van der Waals surface area contributed by atoms with E-state index in [4.69, 9.17) is 4.74 Å². The number of allylic oxidation sites excluding steroid dienone is 5. The second-order valence-electron chi connectivity index (χ2n) is 10.5. The van der Waals surface area contributed by atoms with Crippen molar-refractivity contribution in [2.45, 2.75) is 0 Å². The van der Waals surface area contributed by atoms with Crippen LogP contribution in [0.2, 0.25) is 0 Å². The van der Waals surface area contributed by atoms with Gasteiger partial charge in [0.1, 0.15) is 17.2 Å². The number of aliphatic imine (C=N–C) groups is 1. The molecule has 6 rings (SSSR count). The highest BCUT2D eigenvalue weighted by Crippen LogP contribution is 2.32. The van der Waals surface area contributed by atoms with Crippen molar-refractivity contribution in [1.82, 2.24) is 0 Å². The maximum atomic E-state index is 12.4. The zero-order chi connectivity index (χ0) is 30.8. The first-order valence-corrected chi connectivity index (χ1v) is 14.8. The fourth-order valence-electron chi connectivity index (χ4n) is 5.33. The lowest BCUT2D eigenvalue weighted by atomic mass is 9.36. The average Bonchev–Trinajstić information content (AvgIpc) is 3.10. The SMILES string of the molecule is O=C(O)C(=CC=C1C=C(c2ccccc2)OC(c2ccccc2)=C1)N=Cc1ccccc1B(c1ccccc1)c1ccccc1. The molecular formula is C40H30BNO3. The summed E-state index contributed by atoms with van der Waals surface area (Å²) in [4.78, 5) is 16.8. The quantitative estimate of drug-likeness (QED) is 0.120. The molecule has 5 aromatic carbocycles. The maximum Gasteiger partial charge on any atom is 0.354 e. The molecular weight excluding hydrogens is 553 g/mol. The number of rotatable bonds is 9. The summed E-state index contributed by atoms with van der Waals surface area (Å²) in [6, 6.07) is 48.3. The Kier molecular flexibility index (Phi) is 9.08. The summed E-state index contributed by atoms with van der Waals surface area (Å²) < 4.78 is 6.27. The second kappa shape index (κ2) is 14.0. The lowest BCUT2D eigenvalue weighted by Gasteiger charge is -2.19. The number of carboxylic acid groups (broad SMARTS) is 1. The molecule has 1 N–H and O–H groups in total. The van der Waals surface area contributed by atoms with E-state index in [1.807, 2.05) is 127 Å². The number of hydrogen-bond acceptors (Lipinski definition) is 3. The lowest BCUT2D eigenvalue weighted by Crippen LogP contribution is -2.53. The molecule has 5 heteroatoms. The van der Waals surface area contributed by atoms with Crippen LogP contribution in [0.4, 0.5) is 0 Å². The molecule has 0 spiro atoms. The molecule has 0 saturated heterocycles. The molecule has 5 aromatic rings. The summed E-state index contributed by atoms with van der Waals surface area (Å²) in [6.45, 7) is -0.0419. The van der Waals surface area contributed by atoms with Gasteiger partial charge in [-0.3, -0.25) is 0 Å². The monoisotopic (exact) mass is 583 g/mol. The Labute approximate surface area is 263 Å². The van der Waals surface area contributed by atoms with Crippen LogP contribution in [0.3, 0.4) is 0 Å². The van der Waals surface area contributed by atoms with E-state index in [9.17, 15) is 9.90 Å². The van der Waals surface area contributed by atoms with Gasteiger partial charge >= 0.3 is 5.97 Å². The minimum Gasteiger partial charge on any atom is -0.477 e. The van der Waals surface area contributed by atoms with Gasteiger partial charge in [-0.25, -0.2) is 9.79 Å². The highest BCUT2D eigenvalue weighted by Gasteiger charge is 2.23. The molecule has 4 nitrogen and oxygen atoms in total. The first-order chi connectivity index (χ1) is 22.2. The molecule has 0 aromatic heterocycles. The van der Waals surface area contributed by atoms with Crippen LogP contribution >= 0.6 is 0 Å². The van der Waals surface area contributed by atoms with E-state index in [0.717, 1.165) is 38.7 Å². The van der Waals surface area contributed by atoms with E-state index in [-0.39, 0.29) is 12.4 Å². The van der Waals surface area contributed by atoms with Crippen LogP contribution < -0.4 is 16.4 Å². The number of carbonyl (C=O) groups is 1. The van der Waals surface area contributed by atoms with E-state index >= 15 is 0 Å². The van der Waals surface area contributed by atoms with Crippen molar-refractivity contribution in [2.75, 3.05) is 0 Å². The minimum absolute atomic E-state index is 0.0419. The summed E-state index contributed by atoms with van der Waals surface area (Å²) in [5, 5.41) is 10.1. The molecule has 216 valence electrons. The smallest absolute Gasteiger partial charge is 0.354 e. The number of aliphatic carboxylic acids is 1. The van der Waals surface area contributed by atoms with Crippen LogP contribution in [0, 0.1) is 0 Å². The number of benzene rings is 5. The second-order valence-corrected chi connectivity index (χ2v) is 10.5. The van der Waals surface area contributed by atoms with Gasteiger partial charge in [-0.15, -0.1) is 0 Å². The first kappa shape index (κ1) is 29.2. The van der Waals surface area contributed by atoms with E-state index in [1.165, 1.54) is 6.08 Å². The summed E-state index contributed by atoms with van der Waals surface area (Å²) in [6.07, 6.45) is 8.75. The molecule has 0 unspecified atom stereocenters. The highest BCUT2D eigenvalue weighted by atomic mass is 16.5. The largest absolute Gasteiger partial charge is 0.477 e. The first-order valence-electron chi connectivity index (χ1n) is 14.8. The Hall–Kier alpha value is -5.94. The van der Waals surface area contributed by atoms with Crippen molar-refractivity contribution in [3.05, 3.63) is 198 Å². The molecule has 0 atom stereocenters. The predicted molar refractivity (Wildman–Crippen MR) is 185 cm³/mol. The Bertz CT molecular complexity index is 1830. The highest BCUT2D eigenvalue weighted by molar-refractivity contribution is 6.96. The fraction of sp³-hybridized carbons (Fsp3) is 0. The number of carboxylic acids is 1. The molecule has 0 bridgehead atoms. The fourth-order valence-corrected chi connectivity index (χ4v) is 5.33. The van der Waals surface area contributed by atoms with Crippen LogP contribution in [0.15, 0.2) is 186 Å². The lowest BCUT2D eigenvalue weighted by molar-refractivity contribution is -0.132. The molecule has 0 fully saturated rings. The molecule has 0 aliphatic carbocycles. The maximum absolute atomic E-state index is 12.4. The zero-order valence-corrected chi connectivity index (χ0v) is 24.5. The van der Waals surface area contributed by atoms with Crippen LogP contribution in [0.25, 0.3) is 11.5 Å². The molecule has 1 aliphatic rings. The summed E-state index contributed by atoms with van der Waals surface area (Å²) in [5.74, 6) is 0.243. The third-order valence-corrected chi connectivity index (χ3v) is 7.50. The van der Waals surface area contributed by atoms with Crippen molar-refractivity contribution >= 4 is 46.8 Å². The van der Waals surface area contributed by atoms with Gasteiger partial charge in [0.2, 0.25) is 6.71 Å². The summed E-state index contributed by atoms with van der Waals surface area (Å²) in [7, 11) is 0. The van der Waals surface area contributed by atoms with Crippen LogP contribution in [-0.2, 0) is 9.53 Å². The van der Waals surface area contributed by atoms with Crippen molar-refractivity contribution in [2.24, 2.45) is 4.99 Å². The van der Waals surface area contributed by atoms with E-state index in [0.29, 0.717) is 11.5 Å². The summed E-state index contributed by atoms with van der Waals surface area (Å²) in [5.41, 5.74) is 6.73. The molecule has 0 amide bonds. The molecule has 45 heavy (non-hydrogen) atoms. The predicted octanol–water partition coefficient (Wildman–Crippen LogP) is 6.63. The number of ether oxygens (including phenoxy) is 1. The minimum atomic E-state index is -1.12. The van der Waals surface area contributed by atoms with Crippen LogP contribution in [0.5, 0.6) is 0 Å². The Balaban J connectivity index is 1.37. The third-order valence-electron chi connectivity index (χ3n) is 7.50. The van der Waals surface area contributed by atoms with Gasteiger partial charge in [0, 0.05) is 17.3 Å². The number of hydrogen-bond donors (Lipinski definition) is 1. The van der Waals surface area contributed by atoms with Crippen LogP contribution in [-0.4, -0.2) is 24.0 Å². The van der Waals surface area contributed by atoms with Crippen molar-refractivity contribution in [1.29, 1.82) is 0 Å². The Morgan fingerprint density at radius 3 is 1.60 bits per heavy atom. The molecule has 0 saturated carbocycles. The van der Waals surface area contributed by atoms with Crippen LogP contribution in [0.1, 0.15) is 16.7 Å². The van der Waals surface area contributed by atoms with Crippen molar-refractivity contribution in [3.8, 4) is 0 Å². The van der Waals surface area contributed by atoms with Gasteiger partial charge in [-0.05, 0) is 29.4 Å². The number of nitrogens with zero attached hydrogens (tertiary/aromatic N) is 1. The Morgan fingerprint density at radius 1 is 0.622 bits per heavy atom. The standard InChI is InChI=1S/C40H30BNO3/c43-40(44)37(26-25-30-27-38(31-15-5-1-6-16-31)45-39(28-30)32-17-7-2-8-18-32)42-29-33-19-13-14-24-36(33)41(34-20-9-3-10-21-34)35-22-11-4-12-23-35/h1-29H,(H,43,44). The van der Waals surface area contributed by atoms with Gasteiger partial charge in [-0.2, -0.15) is 0 Å². The third kappa shape index (κ3) is 7.18. The van der Waals surface area contributed by atoms with Gasteiger partial charge in [0.15, 0.2) is 0 Å². The molecule has 1 heterocycles. The van der Waals surface area contributed by atoms with Crippen molar-refractivity contribution in [3.63, 3.8) is 0 Å². The van der Waals surface area contributed by atoms with E-state index < -0.39 is 5.97 Å². The topological polar surface area (TPSA) is 58.9 Å². The van der Waals surface area contributed by atoms with Gasteiger partial charge < -0.3 is 9.84 Å². The average molecular weight is 583 g/mol. The zero-order valence-electron chi connectivity index (χ0n) is 24.5. The van der Waals surface area contributed by atoms with Gasteiger partial charge in [0.25, 0.3) is 0 Å². The molecule has 1 aliphatic heterocycles. The van der Waals surface area contributed by atoms with E-state index in [1.54, 1.807) is 12.3 Å². The Morgan fingerprint density at radius 2 is 1.09 bits per heavy atom. The van der Waals surface area contributed by atoms with E-state index in [2.05, 4.69) is 35.3 Å². The summed E-state index contributed by atoms with van der Waals surface area (Å²) >= 11 is 0.